The first-order valence-corrected chi connectivity index (χ1v) is 12.6. The Kier molecular flexibility index (Phi) is 6.21. The van der Waals surface area contributed by atoms with Gasteiger partial charge in [-0.2, -0.15) is 0 Å². The molecule has 33 heavy (non-hydrogen) atoms. The molecule has 0 fully saturated rings. The van der Waals surface area contributed by atoms with Crippen molar-refractivity contribution in [3.63, 3.8) is 0 Å². The number of fused-ring (bicyclic) bond motifs is 1. The van der Waals surface area contributed by atoms with Gasteiger partial charge in [0.05, 0.1) is 20.0 Å². The van der Waals surface area contributed by atoms with Crippen LogP contribution in [-0.2, 0) is 16.3 Å². The molecule has 0 bridgehead atoms. The molecular weight excluding hydrogens is 462 g/mol. The van der Waals surface area contributed by atoms with Crippen molar-refractivity contribution in [3.8, 4) is 0 Å². The van der Waals surface area contributed by atoms with E-state index in [-0.39, 0.29) is 17.0 Å². The molecule has 0 aliphatic rings. The van der Waals surface area contributed by atoms with E-state index in [9.17, 15) is 23.3 Å². The number of para-hydroxylation sites is 1. The zero-order valence-electron chi connectivity index (χ0n) is 17.5. The Morgan fingerprint density at radius 1 is 1.06 bits per heavy atom. The van der Waals surface area contributed by atoms with E-state index < -0.39 is 26.4 Å². The second kappa shape index (κ2) is 9.08. The third-order valence-corrected chi connectivity index (χ3v) is 7.15. The number of anilines is 1. The molecule has 0 atom stereocenters. The largest absolute Gasteiger partial charge is 0.284 e. The second-order valence-electron chi connectivity index (χ2n) is 7.40. The smallest absolute Gasteiger partial charge is 0.271 e. The zero-order chi connectivity index (χ0) is 23.6. The predicted molar refractivity (Wildman–Crippen MR) is 128 cm³/mol. The van der Waals surface area contributed by atoms with Gasteiger partial charge in [-0.1, -0.05) is 53.8 Å². The fourth-order valence-corrected chi connectivity index (χ4v) is 4.99. The highest BCUT2D eigenvalue weighted by atomic mass is 32.2. The molecule has 1 heterocycles. The molecule has 8 nitrogen and oxygen atoms in total. The van der Waals surface area contributed by atoms with Crippen LogP contribution in [0.4, 0.5) is 10.8 Å². The fraction of sp³-hybridized carbons (Fsp3) is 0.130. The maximum absolute atomic E-state index is 13.6. The minimum atomic E-state index is -3.77. The lowest BCUT2D eigenvalue weighted by atomic mass is 10.1. The van der Waals surface area contributed by atoms with Crippen LogP contribution in [0.25, 0.3) is 10.2 Å². The first kappa shape index (κ1) is 22.6. The summed E-state index contributed by atoms with van der Waals surface area (Å²) in [6.07, 6.45) is 1.47. The molecule has 1 aromatic heterocycles. The number of rotatable bonds is 7. The highest BCUT2D eigenvalue weighted by Crippen LogP contribution is 2.31. The summed E-state index contributed by atoms with van der Waals surface area (Å²) < 4.78 is 25.1. The summed E-state index contributed by atoms with van der Waals surface area (Å²) in [6.45, 7) is 0.263. The Labute approximate surface area is 194 Å². The van der Waals surface area contributed by atoms with E-state index in [1.807, 2.05) is 54.6 Å². The number of carbonyl (C=O) groups excluding carboxylic acids is 1. The van der Waals surface area contributed by atoms with Crippen LogP contribution < -0.4 is 4.90 Å². The molecule has 0 unspecified atom stereocenters. The predicted octanol–water partition coefficient (Wildman–Crippen LogP) is 4.50. The van der Waals surface area contributed by atoms with E-state index in [0.717, 1.165) is 34.2 Å². The molecule has 0 spiro atoms. The average molecular weight is 482 g/mol. The summed E-state index contributed by atoms with van der Waals surface area (Å²) in [4.78, 5) is 30.0. The zero-order valence-corrected chi connectivity index (χ0v) is 19.2. The molecule has 0 aliphatic heterocycles. The van der Waals surface area contributed by atoms with Gasteiger partial charge in [-0.3, -0.25) is 19.8 Å². The maximum atomic E-state index is 13.6. The van der Waals surface area contributed by atoms with Gasteiger partial charge in [-0.25, -0.2) is 13.4 Å². The van der Waals surface area contributed by atoms with E-state index in [1.165, 1.54) is 22.3 Å². The van der Waals surface area contributed by atoms with Crippen molar-refractivity contribution in [2.45, 2.75) is 11.3 Å². The molecule has 10 heteroatoms. The van der Waals surface area contributed by atoms with Gasteiger partial charge in [0.1, 0.15) is 0 Å². The molecule has 1 amide bonds. The molecule has 0 aliphatic carbocycles. The van der Waals surface area contributed by atoms with Crippen LogP contribution in [-0.4, -0.2) is 37.0 Å². The van der Waals surface area contributed by atoms with Crippen LogP contribution in [0.3, 0.4) is 0 Å². The maximum Gasteiger partial charge on any atom is 0.271 e. The first-order valence-electron chi connectivity index (χ1n) is 9.93. The summed E-state index contributed by atoms with van der Waals surface area (Å²) in [5, 5.41) is 11.8. The van der Waals surface area contributed by atoms with Crippen molar-refractivity contribution >= 4 is 48.1 Å². The van der Waals surface area contributed by atoms with Gasteiger partial charge in [-0.15, -0.1) is 0 Å². The summed E-state index contributed by atoms with van der Waals surface area (Å²) in [7, 11) is -3.77. The molecule has 4 rings (SSSR count). The lowest BCUT2D eigenvalue weighted by Crippen LogP contribution is -2.33. The third-order valence-electron chi connectivity index (χ3n) is 5.00. The first-order chi connectivity index (χ1) is 15.7. The van der Waals surface area contributed by atoms with E-state index in [4.69, 9.17) is 0 Å². The standard InChI is InChI=1S/C23H19N3O5S2/c1-33(30,31)19-14-17(13-18(15-19)26(28)29)22(27)25(12-11-16-7-3-2-4-8-16)23-24-20-9-5-6-10-21(20)32-23/h2-10,13-15H,11-12H2,1H3. The highest BCUT2D eigenvalue weighted by molar-refractivity contribution is 7.90. The summed E-state index contributed by atoms with van der Waals surface area (Å²) in [6, 6.07) is 20.3. The van der Waals surface area contributed by atoms with Crippen LogP contribution in [0, 0.1) is 10.1 Å². The number of nitro groups is 1. The number of aromatic nitrogens is 1. The number of thiazole rings is 1. The van der Waals surface area contributed by atoms with Crippen molar-refractivity contribution < 1.29 is 18.1 Å². The van der Waals surface area contributed by atoms with Crippen LogP contribution in [0.5, 0.6) is 0 Å². The fourth-order valence-electron chi connectivity index (χ4n) is 3.33. The Hall–Kier alpha value is -3.63. The lowest BCUT2D eigenvalue weighted by Gasteiger charge is -2.20. The summed E-state index contributed by atoms with van der Waals surface area (Å²) in [5.41, 5.74) is 1.18. The van der Waals surface area contributed by atoms with Gasteiger partial charge in [0.2, 0.25) is 0 Å². The Balaban J connectivity index is 1.78. The molecule has 3 aromatic carbocycles. The second-order valence-corrected chi connectivity index (χ2v) is 10.4. The van der Waals surface area contributed by atoms with Gasteiger partial charge in [0.15, 0.2) is 15.0 Å². The number of sulfone groups is 1. The quantitative estimate of drug-likeness (QED) is 0.284. The lowest BCUT2D eigenvalue weighted by molar-refractivity contribution is -0.385. The van der Waals surface area contributed by atoms with Crippen molar-refractivity contribution in [3.05, 3.63) is 94.0 Å². The molecule has 168 valence electrons. The van der Waals surface area contributed by atoms with Crippen LogP contribution in [0.2, 0.25) is 0 Å². The van der Waals surface area contributed by atoms with Crippen molar-refractivity contribution in [1.29, 1.82) is 0 Å². The Morgan fingerprint density at radius 2 is 1.76 bits per heavy atom. The molecular formula is C23H19N3O5S2. The molecule has 0 saturated carbocycles. The monoisotopic (exact) mass is 481 g/mol. The SMILES string of the molecule is CS(=O)(=O)c1cc(C(=O)N(CCc2ccccc2)c2nc3ccccc3s2)cc([N+](=O)[O-])c1. The number of non-ortho nitro benzene ring substituents is 1. The normalized spacial score (nSPS) is 11.4. The van der Waals surface area contributed by atoms with Gasteiger partial charge in [-0.05, 0) is 30.2 Å². The average Bonchev–Trinajstić information content (AvgIpc) is 3.22. The number of nitrogens with zero attached hydrogens (tertiary/aromatic N) is 3. The van der Waals surface area contributed by atoms with Crippen molar-refractivity contribution in [2.24, 2.45) is 0 Å². The van der Waals surface area contributed by atoms with E-state index in [0.29, 0.717) is 11.6 Å². The topological polar surface area (TPSA) is 110 Å². The van der Waals surface area contributed by atoms with Crippen molar-refractivity contribution in [2.75, 3.05) is 17.7 Å². The van der Waals surface area contributed by atoms with Crippen LogP contribution in [0.15, 0.2) is 77.7 Å². The third kappa shape index (κ3) is 5.07. The van der Waals surface area contributed by atoms with Crippen LogP contribution >= 0.6 is 11.3 Å². The number of benzene rings is 3. The number of hydrogen-bond acceptors (Lipinski definition) is 7. The minimum absolute atomic E-state index is 0.0862. The molecule has 0 radical (unpaired) electrons. The van der Waals surface area contributed by atoms with E-state index in [1.54, 1.807) is 0 Å². The Morgan fingerprint density at radius 3 is 2.42 bits per heavy atom. The van der Waals surface area contributed by atoms with Gasteiger partial charge < -0.3 is 0 Å². The molecule has 4 aromatic rings. The van der Waals surface area contributed by atoms with Gasteiger partial charge in [0, 0.05) is 30.5 Å². The van der Waals surface area contributed by atoms with Gasteiger partial charge >= 0.3 is 0 Å². The summed E-state index contributed by atoms with van der Waals surface area (Å²) in [5.74, 6) is -0.557. The Bertz CT molecular complexity index is 1420. The minimum Gasteiger partial charge on any atom is -0.284 e. The number of hydrogen-bond donors (Lipinski definition) is 0. The van der Waals surface area contributed by atoms with Gasteiger partial charge in [0.25, 0.3) is 11.6 Å². The van der Waals surface area contributed by atoms with E-state index in [2.05, 4.69) is 4.98 Å². The number of amides is 1. The number of carbonyl (C=O) groups is 1. The number of nitro benzene ring substituents is 1. The molecule has 0 N–H and O–H groups in total. The summed E-state index contributed by atoms with van der Waals surface area (Å²) >= 11 is 1.33. The van der Waals surface area contributed by atoms with Crippen molar-refractivity contribution in [1.82, 2.24) is 4.98 Å². The van der Waals surface area contributed by atoms with Crippen LogP contribution in [0.1, 0.15) is 15.9 Å². The van der Waals surface area contributed by atoms with E-state index >= 15 is 0 Å². The highest BCUT2D eigenvalue weighted by Gasteiger charge is 2.25. The molecule has 0 saturated heterocycles.